The molecule has 11 heteroatoms. The van der Waals surface area contributed by atoms with Crippen molar-refractivity contribution in [1.29, 1.82) is 0 Å². The summed E-state index contributed by atoms with van der Waals surface area (Å²) in [6.45, 7) is 0.242. The second-order valence-electron chi connectivity index (χ2n) is 7.36. The van der Waals surface area contributed by atoms with Gasteiger partial charge in [-0.15, -0.1) is 4.73 Å². The van der Waals surface area contributed by atoms with E-state index in [2.05, 4.69) is 15.0 Å². The SMILES string of the molecule is CS(=O)(=O)On1c(=O)c(=Cc2ccccc2)[nH]c(=O)c1=Cc1ccc(OCc2ccccn2)cn1. The van der Waals surface area contributed by atoms with Gasteiger partial charge in [-0.1, -0.05) is 36.4 Å². The Labute approximate surface area is 199 Å². The van der Waals surface area contributed by atoms with E-state index in [0.717, 1.165) is 11.9 Å². The number of nitrogens with zero attached hydrogens (tertiary/aromatic N) is 3. The minimum atomic E-state index is -4.13. The minimum Gasteiger partial charge on any atom is -0.486 e. The van der Waals surface area contributed by atoms with Crippen LogP contribution in [0.3, 0.4) is 0 Å². The Morgan fingerprint density at radius 2 is 1.74 bits per heavy atom. The summed E-state index contributed by atoms with van der Waals surface area (Å²) in [4.78, 5) is 36.7. The lowest BCUT2D eigenvalue weighted by atomic mass is 10.2. The number of nitrogens with one attached hydrogen (secondary N) is 1. The van der Waals surface area contributed by atoms with Gasteiger partial charge in [0.1, 0.15) is 17.7 Å². The molecule has 4 rings (SSSR count). The first kappa shape index (κ1) is 23.6. The molecule has 0 saturated heterocycles. The van der Waals surface area contributed by atoms with Crippen molar-refractivity contribution in [3.05, 3.63) is 121 Å². The summed E-state index contributed by atoms with van der Waals surface area (Å²) in [7, 11) is -4.13. The normalized spacial score (nSPS) is 12.5. The van der Waals surface area contributed by atoms with Crippen LogP contribution in [-0.2, 0) is 16.7 Å². The van der Waals surface area contributed by atoms with Crippen molar-refractivity contribution in [2.24, 2.45) is 0 Å². The van der Waals surface area contributed by atoms with Gasteiger partial charge in [-0.25, -0.2) is 0 Å². The Morgan fingerprint density at radius 1 is 0.971 bits per heavy atom. The molecule has 0 aliphatic heterocycles. The molecule has 0 aliphatic carbocycles. The smallest absolute Gasteiger partial charge is 0.324 e. The molecule has 35 heavy (non-hydrogen) atoms. The maximum Gasteiger partial charge on any atom is 0.324 e. The van der Waals surface area contributed by atoms with Crippen molar-refractivity contribution in [2.45, 2.75) is 6.61 Å². The molecule has 0 aliphatic rings. The number of hydrogen-bond donors (Lipinski definition) is 1. The van der Waals surface area contributed by atoms with Crippen LogP contribution in [0.15, 0.2) is 82.6 Å². The Kier molecular flexibility index (Phi) is 6.88. The zero-order valence-electron chi connectivity index (χ0n) is 18.5. The summed E-state index contributed by atoms with van der Waals surface area (Å²) in [6.07, 6.45) is 6.52. The van der Waals surface area contributed by atoms with E-state index in [1.165, 1.54) is 18.3 Å². The molecule has 0 fully saturated rings. The molecule has 0 spiro atoms. The second kappa shape index (κ2) is 10.2. The van der Waals surface area contributed by atoms with Crippen LogP contribution in [0.5, 0.6) is 5.75 Å². The van der Waals surface area contributed by atoms with Crippen LogP contribution < -0.4 is 30.8 Å². The van der Waals surface area contributed by atoms with Crippen LogP contribution in [0.2, 0.25) is 0 Å². The number of aromatic amines is 1. The topological polar surface area (TPSA) is 133 Å². The summed E-state index contributed by atoms with van der Waals surface area (Å²) in [6, 6.07) is 17.4. The van der Waals surface area contributed by atoms with E-state index in [1.54, 1.807) is 54.7 Å². The van der Waals surface area contributed by atoms with Crippen LogP contribution in [0, 0.1) is 0 Å². The third-order valence-electron chi connectivity index (χ3n) is 4.59. The first-order valence-electron chi connectivity index (χ1n) is 10.3. The molecular formula is C24H20N4O6S. The molecule has 0 bridgehead atoms. The molecule has 1 aromatic carbocycles. The van der Waals surface area contributed by atoms with E-state index < -0.39 is 21.2 Å². The predicted octanol–water partition coefficient (Wildman–Crippen LogP) is -0.0486. The predicted molar refractivity (Wildman–Crippen MR) is 128 cm³/mol. The van der Waals surface area contributed by atoms with Crippen molar-refractivity contribution >= 4 is 22.3 Å². The highest BCUT2D eigenvalue weighted by molar-refractivity contribution is 7.86. The fraction of sp³-hybridized carbons (Fsp3) is 0.0833. The van der Waals surface area contributed by atoms with Gasteiger partial charge in [-0.05, 0) is 42.0 Å². The molecule has 0 saturated carbocycles. The first-order valence-corrected chi connectivity index (χ1v) is 12.1. The maximum atomic E-state index is 13.0. The lowest BCUT2D eigenvalue weighted by Gasteiger charge is -2.07. The number of H-pyrrole nitrogens is 1. The highest BCUT2D eigenvalue weighted by Crippen LogP contribution is 2.11. The van der Waals surface area contributed by atoms with Crippen LogP contribution in [-0.4, -0.2) is 34.4 Å². The van der Waals surface area contributed by atoms with Crippen molar-refractivity contribution in [3.8, 4) is 5.75 Å². The van der Waals surface area contributed by atoms with Crippen molar-refractivity contribution in [2.75, 3.05) is 6.26 Å². The average molecular weight is 493 g/mol. The third kappa shape index (κ3) is 6.30. The molecule has 3 aromatic heterocycles. The van der Waals surface area contributed by atoms with E-state index in [1.807, 2.05) is 12.1 Å². The van der Waals surface area contributed by atoms with Gasteiger partial charge in [0.2, 0.25) is 0 Å². The van der Waals surface area contributed by atoms with Crippen molar-refractivity contribution in [1.82, 2.24) is 19.7 Å². The maximum absolute atomic E-state index is 13.0. The highest BCUT2D eigenvalue weighted by atomic mass is 32.2. The van der Waals surface area contributed by atoms with Crippen molar-refractivity contribution in [3.63, 3.8) is 0 Å². The van der Waals surface area contributed by atoms with Crippen molar-refractivity contribution < 1.29 is 17.4 Å². The molecule has 178 valence electrons. The number of rotatable bonds is 7. The van der Waals surface area contributed by atoms with Gasteiger partial charge in [0.25, 0.3) is 5.56 Å². The molecular weight excluding hydrogens is 472 g/mol. The van der Waals surface area contributed by atoms with E-state index in [4.69, 9.17) is 9.02 Å². The second-order valence-corrected chi connectivity index (χ2v) is 8.92. The Bertz CT molecular complexity index is 1660. The van der Waals surface area contributed by atoms with Gasteiger partial charge in [-0.2, -0.15) is 8.42 Å². The molecule has 10 nitrogen and oxygen atoms in total. The summed E-state index contributed by atoms with van der Waals surface area (Å²) in [5.41, 5.74) is 0.0359. The van der Waals surface area contributed by atoms with Crippen LogP contribution >= 0.6 is 0 Å². The van der Waals surface area contributed by atoms with E-state index >= 15 is 0 Å². The zero-order valence-corrected chi connectivity index (χ0v) is 19.3. The van der Waals surface area contributed by atoms with Crippen LogP contribution in [0.4, 0.5) is 0 Å². The summed E-state index contributed by atoms with van der Waals surface area (Å²) >= 11 is 0. The number of pyridine rings is 2. The van der Waals surface area contributed by atoms with Gasteiger partial charge in [-0.3, -0.25) is 23.8 Å². The number of ether oxygens (including phenoxy) is 1. The minimum absolute atomic E-state index is 0.145. The molecule has 0 amide bonds. The Balaban J connectivity index is 1.73. The Hall–Kier alpha value is -4.51. The lowest BCUT2D eigenvalue weighted by molar-refractivity contribution is 0.256. The first-order chi connectivity index (χ1) is 16.8. The fourth-order valence-corrected chi connectivity index (χ4v) is 3.46. The number of aromatic nitrogens is 4. The molecule has 0 radical (unpaired) electrons. The highest BCUT2D eigenvalue weighted by Gasteiger charge is 2.12. The van der Waals surface area contributed by atoms with Gasteiger partial charge < -0.3 is 9.72 Å². The summed E-state index contributed by atoms with van der Waals surface area (Å²) < 4.78 is 34.6. The monoisotopic (exact) mass is 492 g/mol. The van der Waals surface area contributed by atoms with Crippen LogP contribution in [0.25, 0.3) is 12.2 Å². The van der Waals surface area contributed by atoms with E-state index in [9.17, 15) is 18.0 Å². The summed E-state index contributed by atoms with van der Waals surface area (Å²) in [5.74, 6) is 0.458. The van der Waals surface area contributed by atoms with Gasteiger partial charge in [0.15, 0.2) is 5.35 Å². The van der Waals surface area contributed by atoms with E-state index in [-0.39, 0.29) is 23.0 Å². The van der Waals surface area contributed by atoms with Crippen LogP contribution in [0.1, 0.15) is 17.0 Å². The lowest BCUT2D eigenvalue weighted by Crippen LogP contribution is -2.56. The van der Waals surface area contributed by atoms with Gasteiger partial charge in [0.05, 0.1) is 23.8 Å². The standard InChI is InChI=1S/C24H20N4O6S/c1-35(31,32)34-28-22(23(29)27-21(24(28)30)13-17-7-3-2-4-8-17)14-18-10-11-20(15-26-18)33-16-19-9-5-6-12-25-19/h2-15H,16H2,1H3,(H,27,29). The molecule has 4 aromatic rings. The number of hydrogen-bond acceptors (Lipinski definition) is 8. The zero-order chi connectivity index (χ0) is 24.8. The third-order valence-corrected chi connectivity index (χ3v) is 5.01. The molecule has 0 unspecified atom stereocenters. The number of benzene rings is 1. The average Bonchev–Trinajstić information content (AvgIpc) is 2.84. The quantitative estimate of drug-likeness (QED) is 0.380. The van der Waals surface area contributed by atoms with E-state index in [0.29, 0.717) is 16.0 Å². The summed E-state index contributed by atoms with van der Waals surface area (Å²) in [5, 5.41) is -0.492. The molecule has 0 atom stereocenters. The Morgan fingerprint density at radius 3 is 2.40 bits per heavy atom. The largest absolute Gasteiger partial charge is 0.486 e. The molecule has 1 N–H and O–H groups in total. The van der Waals surface area contributed by atoms with Gasteiger partial charge >= 0.3 is 15.7 Å². The fourth-order valence-electron chi connectivity index (χ4n) is 3.04. The van der Waals surface area contributed by atoms with Gasteiger partial charge in [0, 0.05) is 6.20 Å². The molecule has 3 heterocycles.